The molecule has 1 N–H and O–H groups in total. The summed E-state index contributed by atoms with van der Waals surface area (Å²) in [5, 5.41) is 23.3. The van der Waals surface area contributed by atoms with Crippen molar-refractivity contribution in [1.29, 1.82) is 5.26 Å². The predicted molar refractivity (Wildman–Crippen MR) is 114 cm³/mol. The van der Waals surface area contributed by atoms with E-state index in [-0.39, 0.29) is 23.8 Å². The first-order valence-electron chi connectivity index (χ1n) is 10.8. The molecule has 0 bridgehead atoms. The van der Waals surface area contributed by atoms with Crippen LogP contribution in [0.3, 0.4) is 0 Å². The number of nitriles is 1. The van der Waals surface area contributed by atoms with Crippen molar-refractivity contribution in [1.82, 2.24) is 14.7 Å². The molecule has 1 spiro atoms. The normalized spacial score (nSPS) is 20.3. The third-order valence-corrected chi connectivity index (χ3v) is 7.21. The SMILES string of the molecule is Cc1cc(C(=O)N2CC(CO)C3(CCN(c4ccc(C#N)c(C(F)(F)F)c4)CC3)C2)nn1C. The summed E-state index contributed by atoms with van der Waals surface area (Å²) in [4.78, 5) is 16.6. The summed E-state index contributed by atoms with van der Waals surface area (Å²) < 4.78 is 41.7. The molecule has 0 aliphatic carbocycles. The Hall–Kier alpha value is -3.06. The van der Waals surface area contributed by atoms with E-state index in [0.717, 1.165) is 11.8 Å². The Morgan fingerprint density at radius 2 is 2.00 bits per heavy atom. The van der Waals surface area contributed by atoms with E-state index in [1.807, 2.05) is 11.8 Å². The standard InChI is InChI=1S/C23H26F3N5O2/c1-15-9-20(28-29(15)2)21(33)31-12-17(13-32)22(14-31)5-7-30(8-6-22)18-4-3-16(11-27)19(10-18)23(24,25)26/h3-4,9-10,17,32H,5-8,12-14H2,1-2H3. The van der Waals surface area contributed by atoms with Crippen molar-refractivity contribution in [3.05, 3.63) is 46.8 Å². The van der Waals surface area contributed by atoms with Gasteiger partial charge in [-0.25, -0.2) is 0 Å². The third kappa shape index (κ3) is 4.17. The van der Waals surface area contributed by atoms with E-state index >= 15 is 0 Å². The highest BCUT2D eigenvalue weighted by Gasteiger charge is 2.49. The zero-order valence-electron chi connectivity index (χ0n) is 18.6. The van der Waals surface area contributed by atoms with Gasteiger partial charge in [0.1, 0.15) is 0 Å². The molecule has 2 aromatic rings. The van der Waals surface area contributed by atoms with Crippen molar-refractivity contribution in [2.24, 2.45) is 18.4 Å². The van der Waals surface area contributed by atoms with Gasteiger partial charge in [-0.15, -0.1) is 0 Å². The number of aromatic nitrogens is 2. The number of nitrogens with zero attached hydrogens (tertiary/aromatic N) is 5. The molecule has 10 heteroatoms. The summed E-state index contributed by atoms with van der Waals surface area (Å²) in [6.45, 7) is 3.74. The minimum atomic E-state index is -4.60. The van der Waals surface area contributed by atoms with E-state index in [9.17, 15) is 23.1 Å². The van der Waals surface area contributed by atoms with Gasteiger partial charge in [0, 0.05) is 57.1 Å². The average molecular weight is 461 g/mol. The fourth-order valence-corrected chi connectivity index (χ4v) is 5.10. The molecule has 1 unspecified atom stereocenters. The summed E-state index contributed by atoms with van der Waals surface area (Å²) in [7, 11) is 1.77. The maximum atomic E-state index is 13.4. The van der Waals surface area contributed by atoms with Crippen molar-refractivity contribution < 1.29 is 23.1 Å². The highest BCUT2D eigenvalue weighted by Crippen LogP contribution is 2.46. The van der Waals surface area contributed by atoms with E-state index in [2.05, 4.69) is 5.10 Å². The second kappa shape index (κ2) is 8.37. The van der Waals surface area contributed by atoms with Gasteiger partial charge in [-0.1, -0.05) is 0 Å². The van der Waals surface area contributed by atoms with Crippen molar-refractivity contribution >= 4 is 11.6 Å². The predicted octanol–water partition coefficient (Wildman–Crippen LogP) is 2.97. The van der Waals surface area contributed by atoms with Gasteiger partial charge >= 0.3 is 6.18 Å². The lowest BCUT2D eigenvalue weighted by Gasteiger charge is -2.43. The smallest absolute Gasteiger partial charge is 0.396 e. The molecule has 1 aromatic heterocycles. The summed E-state index contributed by atoms with van der Waals surface area (Å²) in [6.07, 6.45) is -3.31. The quantitative estimate of drug-likeness (QED) is 0.760. The second-order valence-electron chi connectivity index (χ2n) is 9.05. The summed E-state index contributed by atoms with van der Waals surface area (Å²) in [5.74, 6) is -0.265. The Morgan fingerprint density at radius 1 is 1.30 bits per heavy atom. The highest BCUT2D eigenvalue weighted by molar-refractivity contribution is 5.92. The van der Waals surface area contributed by atoms with Gasteiger partial charge in [0.25, 0.3) is 5.91 Å². The van der Waals surface area contributed by atoms with Crippen LogP contribution in [-0.2, 0) is 13.2 Å². The molecule has 0 radical (unpaired) electrons. The van der Waals surface area contributed by atoms with Gasteiger partial charge in [0.05, 0.1) is 17.2 Å². The fraction of sp³-hybridized carbons (Fsp3) is 0.522. The molecule has 2 fully saturated rings. The van der Waals surface area contributed by atoms with E-state index in [1.54, 1.807) is 34.8 Å². The Labute approximate surface area is 190 Å². The number of amides is 1. The molecule has 4 rings (SSSR count). The lowest BCUT2D eigenvalue weighted by Crippen LogP contribution is -2.45. The molecule has 33 heavy (non-hydrogen) atoms. The first-order chi connectivity index (χ1) is 15.6. The molecule has 1 amide bonds. The fourth-order valence-electron chi connectivity index (χ4n) is 5.10. The number of halogens is 3. The van der Waals surface area contributed by atoms with Crippen LogP contribution in [0.2, 0.25) is 0 Å². The molecular weight excluding hydrogens is 435 g/mol. The number of anilines is 1. The number of carbonyl (C=O) groups is 1. The molecule has 2 saturated heterocycles. The lowest BCUT2D eigenvalue weighted by atomic mass is 9.71. The summed E-state index contributed by atoms with van der Waals surface area (Å²) in [5.41, 5.74) is 0.0588. The van der Waals surface area contributed by atoms with Crippen LogP contribution >= 0.6 is 0 Å². The number of aliphatic hydroxyl groups is 1. The van der Waals surface area contributed by atoms with E-state index < -0.39 is 17.3 Å². The molecule has 0 saturated carbocycles. The number of aryl methyl sites for hydroxylation is 2. The van der Waals surface area contributed by atoms with E-state index in [4.69, 9.17) is 5.26 Å². The van der Waals surface area contributed by atoms with Crippen molar-refractivity contribution in [2.75, 3.05) is 37.7 Å². The Morgan fingerprint density at radius 3 is 2.55 bits per heavy atom. The number of hydrogen-bond acceptors (Lipinski definition) is 5. The largest absolute Gasteiger partial charge is 0.417 e. The van der Waals surface area contributed by atoms with Crippen molar-refractivity contribution in [3.63, 3.8) is 0 Å². The van der Waals surface area contributed by atoms with Gasteiger partial charge in [-0.05, 0) is 49.4 Å². The minimum absolute atomic E-state index is 0.0554. The number of aliphatic hydroxyl groups excluding tert-OH is 1. The molecule has 2 aliphatic heterocycles. The zero-order chi connectivity index (χ0) is 24.0. The molecular formula is C23H26F3N5O2. The highest BCUT2D eigenvalue weighted by atomic mass is 19.4. The van der Waals surface area contributed by atoms with Crippen LogP contribution in [0.4, 0.5) is 18.9 Å². The van der Waals surface area contributed by atoms with E-state index in [0.29, 0.717) is 50.4 Å². The molecule has 1 atom stereocenters. The first-order valence-corrected chi connectivity index (χ1v) is 10.8. The Bertz CT molecular complexity index is 1080. The molecule has 3 heterocycles. The second-order valence-corrected chi connectivity index (χ2v) is 9.05. The zero-order valence-corrected chi connectivity index (χ0v) is 18.6. The number of likely N-dealkylation sites (tertiary alicyclic amines) is 1. The van der Waals surface area contributed by atoms with Gasteiger partial charge in [0.2, 0.25) is 0 Å². The molecule has 176 valence electrons. The monoisotopic (exact) mass is 461 g/mol. The molecule has 2 aliphatic rings. The van der Waals surface area contributed by atoms with Crippen LogP contribution in [0, 0.1) is 29.6 Å². The number of benzene rings is 1. The van der Waals surface area contributed by atoms with Crippen LogP contribution in [0.15, 0.2) is 24.3 Å². The Balaban J connectivity index is 1.50. The number of hydrogen-bond donors (Lipinski definition) is 1. The third-order valence-electron chi connectivity index (χ3n) is 7.21. The van der Waals surface area contributed by atoms with Crippen LogP contribution in [0.1, 0.15) is 40.2 Å². The maximum Gasteiger partial charge on any atom is 0.417 e. The summed E-state index contributed by atoms with van der Waals surface area (Å²) in [6, 6.07) is 7.14. The van der Waals surface area contributed by atoms with Crippen LogP contribution < -0.4 is 4.90 Å². The first kappa shape index (κ1) is 23.1. The average Bonchev–Trinajstić information content (AvgIpc) is 3.32. The van der Waals surface area contributed by atoms with Gasteiger partial charge in [-0.2, -0.15) is 23.5 Å². The van der Waals surface area contributed by atoms with Crippen LogP contribution in [0.5, 0.6) is 0 Å². The number of piperidine rings is 1. The number of alkyl halides is 3. The minimum Gasteiger partial charge on any atom is -0.396 e. The number of rotatable bonds is 3. The van der Waals surface area contributed by atoms with Crippen molar-refractivity contribution in [3.8, 4) is 6.07 Å². The number of carbonyl (C=O) groups excluding carboxylic acids is 1. The Kier molecular flexibility index (Phi) is 5.86. The van der Waals surface area contributed by atoms with Crippen LogP contribution in [0.25, 0.3) is 0 Å². The van der Waals surface area contributed by atoms with Crippen molar-refractivity contribution in [2.45, 2.75) is 25.9 Å². The maximum absolute atomic E-state index is 13.4. The lowest BCUT2D eigenvalue weighted by molar-refractivity contribution is -0.137. The van der Waals surface area contributed by atoms with E-state index in [1.165, 1.54) is 6.07 Å². The molecule has 1 aromatic carbocycles. The van der Waals surface area contributed by atoms with Gasteiger partial charge in [-0.3, -0.25) is 9.48 Å². The van der Waals surface area contributed by atoms with Gasteiger partial charge < -0.3 is 14.9 Å². The molecule has 7 nitrogen and oxygen atoms in total. The van der Waals surface area contributed by atoms with Crippen LogP contribution in [-0.4, -0.2) is 58.5 Å². The summed E-state index contributed by atoms with van der Waals surface area (Å²) >= 11 is 0. The topological polar surface area (TPSA) is 85.4 Å². The van der Waals surface area contributed by atoms with Gasteiger partial charge in [0.15, 0.2) is 5.69 Å².